The molecule has 0 aliphatic carbocycles. The number of benzene rings is 2. The van der Waals surface area contributed by atoms with Gasteiger partial charge in [0.05, 0.1) is 17.9 Å². The summed E-state index contributed by atoms with van der Waals surface area (Å²) in [5.74, 6) is -1.62. The number of hydrazine groups is 1. The van der Waals surface area contributed by atoms with Crippen molar-refractivity contribution in [3.63, 3.8) is 0 Å². The molecule has 0 heterocycles. The maximum atomic E-state index is 12.8. The number of hydrogen-bond donors (Lipinski definition) is 2. The zero-order valence-electron chi connectivity index (χ0n) is 14.9. The molecule has 0 unspecified atom stereocenters. The Kier molecular flexibility index (Phi) is 6.65. The van der Waals surface area contributed by atoms with Gasteiger partial charge >= 0.3 is 0 Å². The maximum absolute atomic E-state index is 12.8. The maximum Gasteiger partial charge on any atom is 0.253 e. The Morgan fingerprint density at radius 2 is 1.52 bits per heavy atom. The van der Waals surface area contributed by atoms with Crippen molar-refractivity contribution < 1.29 is 22.4 Å². The zero-order chi connectivity index (χ0) is 20.0. The molecule has 0 aliphatic heterocycles. The van der Waals surface area contributed by atoms with Crippen LogP contribution >= 0.6 is 0 Å². The summed E-state index contributed by atoms with van der Waals surface area (Å²) in [6, 6.07) is 11.6. The Labute approximate surface area is 157 Å². The first kappa shape index (κ1) is 20.5. The van der Waals surface area contributed by atoms with Gasteiger partial charge in [-0.3, -0.25) is 20.4 Å². The third-order valence-electron chi connectivity index (χ3n) is 3.71. The van der Waals surface area contributed by atoms with Crippen molar-refractivity contribution in [1.29, 1.82) is 0 Å². The topological polar surface area (TPSA) is 95.6 Å². The van der Waals surface area contributed by atoms with Crippen molar-refractivity contribution in [2.75, 3.05) is 13.6 Å². The van der Waals surface area contributed by atoms with E-state index in [1.807, 2.05) is 6.92 Å². The number of halogens is 1. The second kappa shape index (κ2) is 8.74. The van der Waals surface area contributed by atoms with E-state index in [2.05, 4.69) is 10.9 Å². The van der Waals surface area contributed by atoms with Crippen LogP contribution in [0, 0.1) is 12.7 Å². The molecular formula is C18H20FN3O4S. The number of hydrogen-bond acceptors (Lipinski definition) is 4. The van der Waals surface area contributed by atoms with Crippen molar-refractivity contribution in [1.82, 2.24) is 15.2 Å². The van der Waals surface area contributed by atoms with Crippen molar-refractivity contribution in [2.24, 2.45) is 0 Å². The van der Waals surface area contributed by atoms with Gasteiger partial charge in [-0.1, -0.05) is 29.8 Å². The van der Waals surface area contributed by atoms with Crippen LogP contribution in [0.3, 0.4) is 0 Å². The van der Waals surface area contributed by atoms with Gasteiger partial charge in [-0.05, 0) is 36.8 Å². The van der Waals surface area contributed by atoms with E-state index in [0.717, 1.165) is 9.87 Å². The largest absolute Gasteiger partial charge is 0.273 e. The number of aryl methyl sites for hydroxylation is 1. The minimum Gasteiger partial charge on any atom is -0.273 e. The lowest BCUT2D eigenvalue weighted by Crippen LogP contribution is -2.47. The lowest BCUT2D eigenvalue weighted by Gasteiger charge is -2.17. The highest BCUT2D eigenvalue weighted by molar-refractivity contribution is 7.89. The molecule has 2 aromatic rings. The molecule has 2 rings (SSSR count). The Hall–Kier alpha value is -2.78. The van der Waals surface area contributed by atoms with Gasteiger partial charge in [0, 0.05) is 7.05 Å². The van der Waals surface area contributed by atoms with Crippen LogP contribution in [-0.4, -0.2) is 38.1 Å². The Morgan fingerprint density at radius 1 is 0.963 bits per heavy atom. The van der Waals surface area contributed by atoms with Gasteiger partial charge in [-0.25, -0.2) is 12.8 Å². The first-order valence-corrected chi connectivity index (χ1v) is 9.47. The fourth-order valence-electron chi connectivity index (χ4n) is 2.19. The monoisotopic (exact) mass is 393 g/mol. The van der Waals surface area contributed by atoms with E-state index in [4.69, 9.17) is 0 Å². The third-order valence-corrected chi connectivity index (χ3v) is 5.53. The molecule has 0 bridgehead atoms. The summed E-state index contributed by atoms with van der Waals surface area (Å²) < 4.78 is 38.5. The molecule has 0 aromatic heterocycles. The average Bonchev–Trinajstić information content (AvgIpc) is 2.62. The molecule has 0 aliphatic rings. The molecule has 2 amide bonds. The van der Waals surface area contributed by atoms with Crippen LogP contribution in [-0.2, 0) is 26.0 Å². The number of nitrogens with zero attached hydrogens (tertiary/aromatic N) is 1. The van der Waals surface area contributed by atoms with E-state index in [-0.39, 0.29) is 11.3 Å². The van der Waals surface area contributed by atoms with Gasteiger partial charge < -0.3 is 0 Å². The molecule has 0 radical (unpaired) electrons. The van der Waals surface area contributed by atoms with Gasteiger partial charge in [-0.15, -0.1) is 0 Å². The van der Waals surface area contributed by atoms with Crippen molar-refractivity contribution in [2.45, 2.75) is 18.2 Å². The molecular weight excluding hydrogens is 373 g/mol. The molecule has 0 saturated heterocycles. The summed E-state index contributed by atoms with van der Waals surface area (Å²) in [7, 11) is -2.54. The fraction of sp³-hybridized carbons (Fsp3) is 0.222. The number of rotatable bonds is 6. The van der Waals surface area contributed by atoms with Gasteiger partial charge in [0.15, 0.2) is 0 Å². The lowest BCUT2D eigenvalue weighted by atomic mass is 10.1. The Balaban J connectivity index is 1.86. The summed E-state index contributed by atoms with van der Waals surface area (Å²) in [6.07, 6.45) is -0.0575. The Morgan fingerprint density at radius 3 is 2.11 bits per heavy atom. The molecule has 0 fully saturated rings. The third kappa shape index (κ3) is 5.87. The number of nitrogens with one attached hydrogen (secondary N) is 2. The highest BCUT2D eigenvalue weighted by Gasteiger charge is 2.22. The summed E-state index contributed by atoms with van der Waals surface area (Å²) in [4.78, 5) is 23.8. The average molecular weight is 393 g/mol. The number of amides is 2. The summed E-state index contributed by atoms with van der Waals surface area (Å²) in [5.41, 5.74) is 5.84. The number of carbonyl (C=O) groups excluding carboxylic acids is 2. The fourth-order valence-corrected chi connectivity index (χ4v) is 3.32. The summed E-state index contributed by atoms with van der Waals surface area (Å²) in [6.45, 7) is 1.37. The number of sulfonamides is 1. The van der Waals surface area contributed by atoms with Gasteiger partial charge in [0.25, 0.3) is 5.91 Å². The summed E-state index contributed by atoms with van der Waals surface area (Å²) >= 11 is 0. The molecule has 0 spiro atoms. The van der Waals surface area contributed by atoms with Crippen LogP contribution in [0.1, 0.15) is 11.1 Å². The second-order valence-electron chi connectivity index (χ2n) is 5.97. The van der Waals surface area contributed by atoms with E-state index < -0.39 is 34.2 Å². The van der Waals surface area contributed by atoms with E-state index >= 15 is 0 Å². The van der Waals surface area contributed by atoms with Gasteiger partial charge in [0.2, 0.25) is 15.9 Å². The Bertz CT molecular complexity index is 913. The van der Waals surface area contributed by atoms with Crippen molar-refractivity contribution in [3.05, 3.63) is 65.5 Å². The van der Waals surface area contributed by atoms with E-state index in [1.165, 1.54) is 43.4 Å². The van der Waals surface area contributed by atoms with Crippen LogP contribution in [0.15, 0.2) is 53.4 Å². The lowest BCUT2D eigenvalue weighted by molar-refractivity contribution is -0.128. The molecule has 2 N–H and O–H groups in total. The van der Waals surface area contributed by atoms with Crippen LogP contribution in [0.25, 0.3) is 0 Å². The minimum absolute atomic E-state index is 0.0575. The first-order valence-electron chi connectivity index (χ1n) is 8.03. The molecule has 7 nitrogen and oxygen atoms in total. The predicted molar refractivity (Wildman–Crippen MR) is 97.4 cm³/mol. The van der Waals surface area contributed by atoms with Crippen LogP contribution in [0.5, 0.6) is 0 Å². The van der Waals surface area contributed by atoms with Crippen LogP contribution < -0.4 is 10.9 Å². The number of likely N-dealkylation sites (N-methyl/N-ethyl adjacent to an activating group) is 1. The van der Waals surface area contributed by atoms with Crippen molar-refractivity contribution in [3.8, 4) is 0 Å². The first-order chi connectivity index (χ1) is 12.7. The highest BCUT2D eigenvalue weighted by Crippen LogP contribution is 2.14. The van der Waals surface area contributed by atoms with Gasteiger partial charge in [-0.2, -0.15) is 4.31 Å². The number of carbonyl (C=O) groups is 2. The molecule has 9 heteroatoms. The predicted octanol–water partition coefficient (Wildman–Crippen LogP) is 1.14. The second-order valence-corrected chi connectivity index (χ2v) is 8.02. The zero-order valence-corrected chi connectivity index (χ0v) is 15.7. The molecule has 2 aromatic carbocycles. The van der Waals surface area contributed by atoms with E-state index in [9.17, 15) is 22.4 Å². The van der Waals surface area contributed by atoms with Crippen LogP contribution in [0.4, 0.5) is 4.39 Å². The van der Waals surface area contributed by atoms with E-state index in [1.54, 1.807) is 12.1 Å². The SMILES string of the molecule is Cc1ccc(S(=O)(=O)N(C)CC(=O)NNC(=O)Cc2ccc(F)cc2)cc1. The summed E-state index contributed by atoms with van der Waals surface area (Å²) in [5, 5.41) is 0. The molecule has 0 atom stereocenters. The molecule has 27 heavy (non-hydrogen) atoms. The standard InChI is InChI=1S/C18H20FN3O4S/c1-13-3-9-16(10-4-13)27(25,26)22(2)12-18(24)21-20-17(23)11-14-5-7-15(19)8-6-14/h3-10H,11-12H2,1-2H3,(H,20,23)(H,21,24). The molecule has 144 valence electrons. The van der Waals surface area contributed by atoms with Crippen LogP contribution in [0.2, 0.25) is 0 Å². The normalized spacial score (nSPS) is 11.3. The quantitative estimate of drug-likeness (QED) is 0.720. The van der Waals surface area contributed by atoms with Gasteiger partial charge in [0.1, 0.15) is 5.82 Å². The van der Waals surface area contributed by atoms with Crippen molar-refractivity contribution >= 4 is 21.8 Å². The highest BCUT2D eigenvalue weighted by atomic mass is 32.2. The van der Waals surface area contributed by atoms with E-state index in [0.29, 0.717) is 5.56 Å². The molecule has 0 saturated carbocycles. The minimum atomic E-state index is -3.82. The smallest absolute Gasteiger partial charge is 0.253 e.